The summed E-state index contributed by atoms with van der Waals surface area (Å²) in [7, 11) is -4.91. The van der Waals surface area contributed by atoms with Crippen LogP contribution >= 0.6 is 0 Å². The van der Waals surface area contributed by atoms with Crippen LogP contribution < -0.4 is 9.47 Å². The van der Waals surface area contributed by atoms with Gasteiger partial charge in [0, 0.05) is 21.2 Å². The van der Waals surface area contributed by atoms with Crippen molar-refractivity contribution in [3.63, 3.8) is 0 Å². The van der Waals surface area contributed by atoms with Crippen molar-refractivity contribution >= 4 is 29.4 Å². The Morgan fingerprint density at radius 2 is 0.905 bits per heavy atom. The predicted octanol–water partition coefficient (Wildman–Crippen LogP) is 16.8. The normalized spacial score (nSPS) is 15.5. The minimum absolute atomic E-state index is 0.0542. The van der Waals surface area contributed by atoms with Crippen LogP contribution in [-0.2, 0) is 13.3 Å². The van der Waals surface area contributed by atoms with E-state index < -0.39 is 24.2 Å². The number of ketones is 1. The van der Waals surface area contributed by atoms with Crippen molar-refractivity contribution < 1.29 is 52.1 Å². The number of benzene rings is 3. The lowest BCUT2D eigenvalue weighted by Gasteiger charge is -2.60. The lowest BCUT2D eigenvalue weighted by Crippen LogP contribution is -2.79. The summed E-state index contributed by atoms with van der Waals surface area (Å²) in [5, 5.41) is 14.0. The number of carbonyl (C=O) groups excluding carboxylic acids is 2. The molecule has 2 bridgehead atoms. The fourth-order valence-electron chi connectivity index (χ4n) is 4.38. The maximum atomic E-state index is 12.6. The molecule has 13 heteroatoms. The molecule has 0 aromatic heterocycles. The Hall–Kier alpha value is -3.25. The molecule has 0 spiro atoms. The predicted molar refractivity (Wildman–Crippen MR) is 319 cm³/mol. The van der Waals surface area contributed by atoms with Gasteiger partial charge in [-0.3, -0.25) is 9.59 Å². The van der Waals surface area contributed by atoms with Gasteiger partial charge >= 0.3 is 17.4 Å². The van der Waals surface area contributed by atoms with Crippen molar-refractivity contribution in [2.45, 2.75) is 249 Å². The third kappa shape index (κ3) is 41.0. The average Bonchev–Trinajstić information content (AvgIpc) is 3.13. The molecule has 74 heavy (non-hydrogen) atoms. The number of aliphatic hydroxyl groups is 2. The fourth-order valence-corrected chi connectivity index (χ4v) is 6.25. The molecule has 11 nitrogen and oxygen atoms in total. The third-order valence-electron chi connectivity index (χ3n) is 8.13. The number of aryl methyl sites for hydroxylation is 3. The van der Waals surface area contributed by atoms with Gasteiger partial charge in [-0.15, -0.1) is 0 Å². The largest absolute Gasteiger partial charge is 0.517 e. The minimum Gasteiger partial charge on any atom is -0.488 e. The highest BCUT2D eigenvalue weighted by atomic mass is 28.4. The number of aliphatic hydroxyl groups excluding tert-OH is 1. The van der Waals surface area contributed by atoms with Crippen molar-refractivity contribution in [2.75, 3.05) is 6.79 Å². The summed E-state index contributed by atoms with van der Waals surface area (Å²) in [6.07, 6.45) is 0.844. The van der Waals surface area contributed by atoms with E-state index >= 15 is 0 Å². The second-order valence-electron chi connectivity index (χ2n) is 26.5. The molecule has 6 rings (SSSR count). The van der Waals surface area contributed by atoms with Crippen LogP contribution in [0.3, 0.4) is 0 Å². The van der Waals surface area contributed by atoms with Crippen LogP contribution in [0.2, 0.25) is 16.6 Å². The van der Waals surface area contributed by atoms with Crippen molar-refractivity contribution in [3.8, 4) is 11.5 Å². The lowest BCUT2D eigenvalue weighted by atomic mass is 9.96. The first-order valence-corrected chi connectivity index (χ1v) is 30.4. The molecule has 0 atom stereocenters. The number of carbonyl (C=O) groups is 2. The second-order valence-corrected chi connectivity index (χ2v) is 33.4. The first kappa shape index (κ1) is 79.6. The molecule has 3 fully saturated rings. The number of hydrogen-bond donors (Lipinski definition) is 4. The molecule has 0 aliphatic carbocycles. The van der Waals surface area contributed by atoms with Crippen LogP contribution in [0.5, 0.6) is 11.5 Å². The van der Waals surface area contributed by atoms with Gasteiger partial charge in [0.05, 0.1) is 5.56 Å². The Morgan fingerprint density at radius 3 is 1.16 bits per heavy atom. The summed E-state index contributed by atoms with van der Waals surface area (Å²) >= 11 is 0. The van der Waals surface area contributed by atoms with Crippen LogP contribution in [0.1, 0.15) is 237 Å². The van der Waals surface area contributed by atoms with E-state index in [1.54, 1.807) is 0 Å². The average molecular weight is 1080 g/mol. The van der Waals surface area contributed by atoms with Gasteiger partial charge in [0.2, 0.25) is 0 Å². The molecule has 4 N–H and O–H groups in total. The van der Waals surface area contributed by atoms with Crippen molar-refractivity contribution in [1.82, 2.24) is 0 Å². The SMILES string of the molecule is CC.CC.CC(C)(C)C.CC(C)(C)C.CC(C)(C)C.CC(C)(C)[Si](C)(O)O.CC(C)(C)[Si]12OC(O1)O2.Cc1cc(C(=O)c2ccccc2)c(C)cc1OC(C)(C)C.Cc1cccc(OC(C)(C)C)c1C=O.OCO. The Bertz CT molecular complexity index is 1880. The standard InChI is InChI=1S/C19H22O2.C12H16O2.C5H10O3Si.C5H14O2Si.3C5H12.2C2H6.CH4O2/c1-13-12-17(21-19(3,4)5)14(2)11-16(13)18(20)15-9-7-6-8-10-15;1-9-6-5-7-11(10(9)8-13)14-12(2,3)4;1-5(2,3)9-6-4(7-9)8-9;1-5(2,3)8(4,6)7;3*1-5(2,3)4;2*1-2;2-1-3/h6-12H,1-5H3;5-8H,1-4H3;4H,1-3H3;6-7H,1-4H3;3*1-4H3;2*1-2H3;2-3H,1H2. The number of aldehydes is 1. The quantitative estimate of drug-likeness (QED) is 0.0833. The molecule has 3 heterocycles. The second kappa shape index (κ2) is 34.5. The van der Waals surface area contributed by atoms with E-state index in [4.69, 9.17) is 42.6 Å². The first-order chi connectivity index (χ1) is 32.9. The minimum atomic E-state index is -2.86. The zero-order valence-corrected chi connectivity index (χ0v) is 55.3. The van der Waals surface area contributed by atoms with Gasteiger partial charge in [-0.05, 0) is 120 Å². The molecule has 432 valence electrons. The van der Waals surface area contributed by atoms with Gasteiger partial charge in [0.15, 0.2) is 12.1 Å². The summed E-state index contributed by atoms with van der Waals surface area (Å²) in [5.41, 5.74) is 5.94. The van der Waals surface area contributed by atoms with E-state index in [9.17, 15) is 9.59 Å². The Balaban J connectivity index is -0.000000262. The van der Waals surface area contributed by atoms with Crippen LogP contribution in [0.4, 0.5) is 0 Å². The molecule has 3 aromatic rings. The summed E-state index contributed by atoms with van der Waals surface area (Å²) in [6.45, 7) is 64.2. The molecule has 0 unspecified atom stereocenters. The Labute approximate surface area is 457 Å². The maximum absolute atomic E-state index is 12.6. The van der Waals surface area contributed by atoms with Crippen molar-refractivity contribution in [1.29, 1.82) is 0 Å². The van der Waals surface area contributed by atoms with Crippen LogP contribution in [0.15, 0.2) is 60.7 Å². The molecule has 3 aromatic carbocycles. The zero-order valence-electron chi connectivity index (χ0n) is 53.3. The van der Waals surface area contributed by atoms with E-state index in [0.29, 0.717) is 33.1 Å². The van der Waals surface area contributed by atoms with Gasteiger partial charge in [0.1, 0.15) is 29.5 Å². The van der Waals surface area contributed by atoms with Gasteiger partial charge in [-0.2, -0.15) is 0 Å². The zero-order chi connectivity index (χ0) is 60.3. The number of rotatable bonds is 5. The fraction of sp³-hybridized carbons (Fsp3) is 0.672. The van der Waals surface area contributed by atoms with Crippen LogP contribution in [0.25, 0.3) is 0 Å². The number of hydrogen-bond acceptors (Lipinski definition) is 11. The maximum Gasteiger partial charge on any atom is 0.517 e. The van der Waals surface area contributed by atoms with E-state index in [0.717, 1.165) is 34.3 Å². The van der Waals surface area contributed by atoms with Crippen molar-refractivity contribution in [3.05, 3.63) is 94.0 Å². The molecular formula is C61H114O11Si2. The summed E-state index contributed by atoms with van der Waals surface area (Å²) < 4.78 is 27.4. The van der Waals surface area contributed by atoms with Gasteiger partial charge < -0.3 is 42.6 Å². The Morgan fingerprint density at radius 1 is 0.568 bits per heavy atom. The molecule has 3 aliphatic heterocycles. The van der Waals surface area contributed by atoms with Gasteiger partial charge in [0.25, 0.3) is 6.48 Å². The van der Waals surface area contributed by atoms with E-state index in [-0.39, 0.29) is 33.5 Å². The van der Waals surface area contributed by atoms with E-state index in [2.05, 4.69) is 104 Å². The van der Waals surface area contributed by atoms with Crippen LogP contribution in [0, 0.1) is 37.0 Å². The number of ether oxygens (including phenoxy) is 2. The van der Waals surface area contributed by atoms with Gasteiger partial charge in [-0.1, -0.05) is 195 Å². The molecule has 0 radical (unpaired) electrons. The molecule has 0 amide bonds. The Kier molecular flexibility index (Phi) is 37.1. The monoisotopic (exact) mass is 1080 g/mol. The van der Waals surface area contributed by atoms with Crippen molar-refractivity contribution in [2.24, 2.45) is 16.2 Å². The summed E-state index contributed by atoms with van der Waals surface area (Å²) in [6, 6.07) is 18.9. The third-order valence-corrected chi connectivity index (χ3v) is 14.3. The topological polar surface area (TPSA) is 161 Å². The smallest absolute Gasteiger partial charge is 0.488 e. The molecule has 0 saturated carbocycles. The molecular weight excluding hydrogens is 965 g/mol. The highest BCUT2D eigenvalue weighted by Crippen LogP contribution is 2.54. The lowest BCUT2D eigenvalue weighted by molar-refractivity contribution is -0.400. The summed E-state index contributed by atoms with van der Waals surface area (Å²) in [4.78, 5) is 41.5. The molecule has 3 aliphatic rings. The summed E-state index contributed by atoms with van der Waals surface area (Å²) in [5.74, 6) is 1.55. The van der Waals surface area contributed by atoms with E-state index in [1.807, 2.05) is 171 Å². The highest BCUT2D eigenvalue weighted by molar-refractivity contribution is 6.68. The highest BCUT2D eigenvalue weighted by Gasteiger charge is 2.75. The van der Waals surface area contributed by atoms with E-state index in [1.165, 1.54) is 6.55 Å². The molecule has 3 saturated heterocycles. The van der Waals surface area contributed by atoms with Gasteiger partial charge in [-0.25, -0.2) is 0 Å². The van der Waals surface area contributed by atoms with Crippen LogP contribution in [-0.4, -0.2) is 73.7 Å². The first-order valence-electron chi connectivity index (χ1n) is 26.3.